The maximum Gasteiger partial charge on any atom is 0.408 e. The van der Waals surface area contributed by atoms with Gasteiger partial charge in [0, 0.05) is 41.3 Å². The fourth-order valence-electron chi connectivity index (χ4n) is 7.05. The van der Waals surface area contributed by atoms with Crippen molar-refractivity contribution in [2.75, 3.05) is 19.0 Å². The lowest BCUT2D eigenvalue weighted by Crippen LogP contribution is -2.60. The quantitative estimate of drug-likeness (QED) is 0.156. The van der Waals surface area contributed by atoms with E-state index in [-0.39, 0.29) is 25.4 Å². The Hall–Kier alpha value is -4.97. The average molecular weight is 854 g/mol. The minimum Gasteiger partial charge on any atom is -0.497 e. The summed E-state index contributed by atoms with van der Waals surface area (Å²) < 4.78 is 45.5. The number of carbonyl (C=O) groups is 4. The van der Waals surface area contributed by atoms with Crippen molar-refractivity contribution in [3.63, 3.8) is 0 Å². The van der Waals surface area contributed by atoms with Crippen molar-refractivity contribution in [2.24, 2.45) is 11.3 Å². The Bertz CT molecular complexity index is 2240. The predicted molar refractivity (Wildman–Crippen MR) is 225 cm³/mol. The highest BCUT2D eigenvalue weighted by Gasteiger charge is 2.62. The van der Waals surface area contributed by atoms with E-state index in [1.807, 2.05) is 25.3 Å². The SMILES string of the molecule is C=CC1CC1(NC(=O)C1CC(Oc2cc(-c3csc(NC(C)C)n3)nc3cc(OC)ccc23)CN1C(=O)C(NC(=O)OC(C)(C)C)C(C)(C)C)C(=O)NS(=O)(=O)C1CC1. The second-order valence-electron chi connectivity index (χ2n) is 17.8. The number of anilines is 1. The van der Waals surface area contributed by atoms with Crippen molar-refractivity contribution < 1.29 is 41.8 Å². The smallest absolute Gasteiger partial charge is 0.408 e. The molecule has 3 fully saturated rings. The second kappa shape index (κ2) is 16.2. The molecule has 2 saturated carbocycles. The number of thiazole rings is 1. The molecule has 1 saturated heterocycles. The van der Waals surface area contributed by atoms with Gasteiger partial charge in [-0.25, -0.2) is 23.2 Å². The van der Waals surface area contributed by atoms with Gasteiger partial charge in [-0.05, 0) is 71.4 Å². The van der Waals surface area contributed by atoms with Crippen molar-refractivity contribution in [1.82, 2.24) is 30.2 Å². The van der Waals surface area contributed by atoms with Crippen LogP contribution in [0.15, 0.2) is 42.3 Å². The van der Waals surface area contributed by atoms with Gasteiger partial charge in [-0.2, -0.15) is 0 Å². The summed E-state index contributed by atoms with van der Waals surface area (Å²) in [6, 6.07) is 4.97. The molecule has 0 spiro atoms. The van der Waals surface area contributed by atoms with Crippen LogP contribution in [-0.2, 0) is 29.1 Å². The van der Waals surface area contributed by atoms with Crippen LogP contribution in [0.25, 0.3) is 22.3 Å². The van der Waals surface area contributed by atoms with E-state index in [1.165, 1.54) is 22.3 Å². The molecule has 4 N–H and O–H groups in total. The highest BCUT2D eigenvalue weighted by atomic mass is 32.2. The van der Waals surface area contributed by atoms with Crippen molar-refractivity contribution in [3.8, 4) is 22.9 Å². The molecular formula is C41H55N7O9S2. The van der Waals surface area contributed by atoms with Gasteiger partial charge < -0.3 is 35.1 Å². The van der Waals surface area contributed by atoms with Crippen LogP contribution in [-0.4, -0.2) is 101 Å². The number of hydrogen-bond acceptors (Lipinski definition) is 13. The van der Waals surface area contributed by atoms with Crippen LogP contribution in [0.4, 0.5) is 9.93 Å². The minimum atomic E-state index is -3.93. The molecule has 16 nitrogen and oxygen atoms in total. The number of carbonyl (C=O) groups excluding carboxylic acids is 4. The number of sulfonamides is 1. The maximum atomic E-state index is 14.7. The topological polar surface area (TPSA) is 207 Å². The monoisotopic (exact) mass is 853 g/mol. The lowest BCUT2D eigenvalue weighted by Gasteiger charge is -2.36. The van der Waals surface area contributed by atoms with Crippen molar-refractivity contribution in [3.05, 3.63) is 42.3 Å². The molecule has 2 aromatic heterocycles. The molecule has 3 aromatic rings. The van der Waals surface area contributed by atoms with E-state index in [1.54, 1.807) is 66.9 Å². The van der Waals surface area contributed by atoms with Crippen LogP contribution in [0, 0.1) is 11.3 Å². The zero-order valence-electron chi connectivity index (χ0n) is 35.0. The molecule has 5 unspecified atom stereocenters. The van der Waals surface area contributed by atoms with E-state index in [0.717, 1.165) is 5.13 Å². The van der Waals surface area contributed by atoms with Crippen LogP contribution in [0.5, 0.6) is 11.5 Å². The van der Waals surface area contributed by atoms with Gasteiger partial charge >= 0.3 is 6.09 Å². The number of fused-ring (bicyclic) bond motifs is 1. The number of hydrogen-bond donors (Lipinski definition) is 4. The predicted octanol–water partition coefficient (Wildman–Crippen LogP) is 5.14. The third-order valence-corrected chi connectivity index (χ3v) is 12.9. The normalized spacial score (nSPS) is 22.3. The summed E-state index contributed by atoms with van der Waals surface area (Å²) >= 11 is 1.44. The first-order valence-electron chi connectivity index (χ1n) is 19.7. The zero-order chi connectivity index (χ0) is 43.2. The number of alkyl carbamates (subject to hydrolysis) is 1. The van der Waals surface area contributed by atoms with Gasteiger partial charge in [0.25, 0.3) is 5.91 Å². The van der Waals surface area contributed by atoms with Crippen molar-refractivity contribution in [2.45, 2.75) is 122 Å². The molecule has 3 heterocycles. The molecule has 2 aliphatic carbocycles. The number of likely N-dealkylation sites (tertiary alicyclic amines) is 1. The number of ether oxygens (including phenoxy) is 3. The summed E-state index contributed by atoms with van der Waals surface area (Å²) in [5.41, 5.74) is -1.57. The molecule has 1 aliphatic heterocycles. The third-order valence-electron chi connectivity index (χ3n) is 10.3. The number of amides is 4. The lowest BCUT2D eigenvalue weighted by atomic mass is 9.85. The van der Waals surface area contributed by atoms with Gasteiger partial charge in [0.05, 0.1) is 30.1 Å². The number of benzene rings is 1. The molecule has 3 aliphatic rings. The number of methoxy groups -OCH3 is 1. The summed E-state index contributed by atoms with van der Waals surface area (Å²) in [4.78, 5) is 66.9. The summed E-state index contributed by atoms with van der Waals surface area (Å²) in [5.74, 6) is -1.66. The Morgan fingerprint density at radius 2 is 1.76 bits per heavy atom. The van der Waals surface area contributed by atoms with E-state index in [4.69, 9.17) is 24.2 Å². The summed E-state index contributed by atoms with van der Waals surface area (Å²) in [5, 5.41) is 11.4. The number of rotatable bonds is 14. The van der Waals surface area contributed by atoms with Crippen molar-refractivity contribution in [1.29, 1.82) is 0 Å². The first-order chi connectivity index (χ1) is 27.5. The van der Waals surface area contributed by atoms with Gasteiger partial charge in [-0.1, -0.05) is 26.8 Å². The van der Waals surface area contributed by atoms with Gasteiger partial charge in [0.1, 0.15) is 46.5 Å². The Morgan fingerprint density at radius 3 is 2.36 bits per heavy atom. The highest BCUT2D eigenvalue weighted by Crippen LogP contribution is 2.46. The molecule has 320 valence electrons. The van der Waals surface area contributed by atoms with Crippen LogP contribution in [0.1, 0.15) is 81.1 Å². The third kappa shape index (κ3) is 9.91. The molecular weight excluding hydrogens is 799 g/mol. The number of pyridine rings is 1. The summed E-state index contributed by atoms with van der Waals surface area (Å²) in [6.45, 7) is 18.2. The number of aromatic nitrogens is 2. The Balaban J connectivity index is 1.35. The van der Waals surface area contributed by atoms with Gasteiger partial charge in [0.15, 0.2) is 5.13 Å². The largest absolute Gasteiger partial charge is 0.497 e. The van der Waals surface area contributed by atoms with E-state index in [2.05, 4.69) is 27.3 Å². The molecule has 6 rings (SSSR count). The fourth-order valence-corrected chi connectivity index (χ4v) is 9.27. The van der Waals surface area contributed by atoms with Gasteiger partial charge in [-0.15, -0.1) is 17.9 Å². The second-order valence-corrected chi connectivity index (χ2v) is 20.7. The summed E-state index contributed by atoms with van der Waals surface area (Å²) in [7, 11) is -2.37. The molecule has 5 atom stereocenters. The number of nitrogens with zero attached hydrogens (tertiary/aromatic N) is 3. The Morgan fingerprint density at radius 1 is 1.05 bits per heavy atom. The first kappa shape index (κ1) is 43.6. The maximum absolute atomic E-state index is 14.7. The highest BCUT2D eigenvalue weighted by molar-refractivity contribution is 7.91. The van der Waals surface area contributed by atoms with Crippen LogP contribution < -0.4 is 30.1 Å². The molecule has 18 heteroatoms. The molecule has 4 amide bonds. The first-order valence-corrected chi connectivity index (χ1v) is 22.1. The van der Waals surface area contributed by atoms with Gasteiger partial charge in [0.2, 0.25) is 21.8 Å². The van der Waals surface area contributed by atoms with Crippen LogP contribution in [0.3, 0.4) is 0 Å². The molecule has 59 heavy (non-hydrogen) atoms. The molecule has 1 aromatic carbocycles. The number of nitrogens with one attached hydrogen (secondary N) is 4. The lowest BCUT2D eigenvalue weighted by molar-refractivity contribution is -0.143. The van der Waals surface area contributed by atoms with Crippen molar-refractivity contribution >= 4 is 61.2 Å². The van der Waals surface area contributed by atoms with E-state index in [9.17, 15) is 27.6 Å². The Labute approximate surface area is 349 Å². The average Bonchev–Trinajstić information content (AvgIpc) is 4.03. The van der Waals surface area contributed by atoms with E-state index in [0.29, 0.717) is 46.6 Å². The van der Waals surface area contributed by atoms with E-state index >= 15 is 0 Å². The van der Waals surface area contributed by atoms with E-state index < -0.39 is 79.7 Å². The zero-order valence-corrected chi connectivity index (χ0v) is 36.6. The van der Waals surface area contributed by atoms with Crippen LogP contribution in [0.2, 0.25) is 0 Å². The standard InChI is InChI=1S/C41H55N7O9S2/c1-11-23-19-41(23,36(51)47-59(53,54)26-13-14-26)46-34(49)31-17-25(20-48(31)35(50)33(39(4,5)6)45-38(52)57-40(7,8)9)56-32-18-29(30-21-58-37(44-30)42-22(2)3)43-28-16-24(55-10)12-15-27(28)32/h11-12,15-16,18,21-23,25-26,31,33H,1,13-14,17,19-20H2,2-10H3,(H,42,44)(H,45,52)(H,46,49)(H,47,51). The van der Waals surface area contributed by atoms with Crippen LogP contribution >= 0.6 is 11.3 Å². The minimum absolute atomic E-state index is 0.00777. The molecule has 0 bridgehead atoms. The fraction of sp³-hybridized carbons (Fsp3) is 0.561. The summed E-state index contributed by atoms with van der Waals surface area (Å²) in [6.07, 6.45) is 0.937. The molecule has 0 radical (unpaired) electrons. The Kier molecular flexibility index (Phi) is 12.0. The van der Waals surface area contributed by atoms with Gasteiger partial charge in [-0.3, -0.25) is 19.1 Å².